The lowest BCUT2D eigenvalue weighted by Gasteiger charge is -2.19. The van der Waals surface area contributed by atoms with Gasteiger partial charge >= 0.3 is 0 Å². The number of para-hydroxylation sites is 1. The summed E-state index contributed by atoms with van der Waals surface area (Å²) in [6, 6.07) is 14.2. The van der Waals surface area contributed by atoms with Crippen molar-refractivity contribution >= 4 is 40.7 Å². The maximum Gasteiger partial charge on any atom is 0.238 e. The van der Waals surface area contributed by atoms with Crippen LogP contribution in [0.1, 0.15) is 18.5 Å². The van der Waals surface area contributed by atoms with Crippen molar-refractivity contribution in [1.82, 2.24) is 10.2 Å². The van der Waals surface area contributed by atoms with Crippen LogP contribution in [0.15, 0.2) is 48.5 Å². The summed E-state index contributed by atoms with van der Waals surface area (Å²) in [4.78, 5) is 25.9. The minimum Gasteiger partial charge on any atom is -0.348 e. The first-order chi connectivity index (χ1) is 12.3. The zero-order valence-corrected chi connectivity index (χ0v) is 16.1. The van der Waals surface area contributed by atoms with E-state index in [2.05, 4.69) is 10.6 Å². The molecular formula is C19H21Cl2N3O2. The van der Waals surface area contributed by atoms with Gasteiger partial charge in [0.25, 0.3) is 0 Å². The van der Waals surface area contributed by atoms with Crippen LogP contribution in [0.25, 0.3) is 0 Å². The first-order valence-electron chi connectivity index (χ1n) is 8.13. The Morgan fingerprint density at radius 1 is 1.04 bits per heavy atom. The third kappa shape index (κ3) is 6.33. The fourth-order valence-electron chi connectivity index (χ4n) is 2.44. The molecule has 0 radical (unpaired) electrons. The number of halogens is 2. The minimum absolute atomic E-state index is 0.0736. The van der Waals surface area contributed by atoms with E-state index in [1.807, 2.05) is 25.1 Å². The summed E-state index contributed by atoms with van der Waals surface area (Å²) in [6.45, 7) is 2.05. The van der Waals surface area contributed by atoms with Gasteiger partial charge in [0.15, 0.2) is 0 Å². The number of rotatable bonds is 7. The number of hydrogen-bond donors (Lipinski definition) is 2. The van der Waals surface area contributed by atoms with Crippen LogP contribution in [0.3, 0.4) is 0 Å². The van der Waals surface area contributed by atoms with E-state index in [0.717, 1.165) is 5.56 Å². The Labute approximate surface area is 163 Å². The van der Waals surface area contributed by atoms with E-state index >= 15 is 0 Å². The molecule has 0 bridgehead atoms. The summed E-state index contributed by atoms with van der Waals surface area (Å²) in [5.74, 6) is -0.415. The summed E-state index contributed by atoms with van der Waals surface area (Å²) in [7, 11) is 1.70. The number of hydrogen-bond acceptors (Lipinski definition) is 3. The molecule has 0 saturated carbocycles. The van der Waals surface area contributed by atoms with Crippen molar-refractivity contribution in [2.75, 3.05) is 25.5 Å². The van der Waals surface area contributed by atoms with E-state index < -0.39 is 0 Å². The molecule has 7 heteroatoms. The summed E-state index contributed by atoms with van der Waals surface area (Å²) >= 11 is 12.0. The fraction of sp³-hybridized carbons (Fsp3) is 0.263. The van der Waals surface area contributed by atoms with Gasteiger partial charge in [-0.05, 0) is 43.8 Å². The van der Waals surface area contributed by atoms with Gasteiger partial charge in [0.2, 0.25) is 11.8 Å². The molecule has 0 saturated heterocycles. The molecule has 0 aliphatic heterocycles. The molecule has 0 aliphatic carbocycles. The van der Waals surface area contributed by atoms with Crippen molar-refractivity contribution in [2.24, 2.45) is 0 Å². The molecule has 138 valence electrons. The van der Waals surface area contributed by atoms with Crippen molar-refractivity contribution in [3.63, 3.8) is 0 Å². The number of carbonyl (C=O) groups excluding carboxylic acids is 2. The first-order valence-corrected chi connectivity index (χ1v) is 8.88. The Morgan fingerprint density at radius 3 is 2.42 bits per heavy atom. The van der Waals surface area contributed by atoms with E-state index in [1.165, 1.54) is 0 Å². The fourth-order valence-corrected chi connectivity index (χ4v) is 2.83. The Morgan fingerprint density at radius 2 is 1.73 bits per heavy atom. The lowest BCUT2D eigenvalue weighted by molar-refractivity contribution is -0.123. The van der Waals surface area contributed by atoms with Crippen LogP contribution in [0.5, 0.6) is 0 Å². The van der Waals surface area contributed by atoms with Gasteiger partial charge in [-0.3, -0.25) is 14.5 Å². The molecule has 0 aliphatic rings. The van der Waals surface area contributed by atoms with Gasteiger partial charge < -0.3 is 10.6 Å². The lowest BCUT2D eigenvalue weighted by atomic mass is 10.1. The van der Waals surface area contributed by atoms with Gasteiger partial charge in [0.1, 0.15) is 0 Å². The summed E-state index contributed by atoms with van der Waals surface area (Å²) in [5.41, 5.74) is 1.47. The highest BCUT2D eigenvalue weighted by Gasteiger charge is 2.14. The topological polar surface area (TPSA) is 61.4 Å². The molecule has 0 aromatic heterocycles. The van der Waals surface area contributed by atoms with E-state index in [1.54, 1.807) is 42.3 Å². The van der Waals surface area contributed by atoms with Gasteiger partial charge in [-0.15, -0.1) is 0 Å². The molecular weight excluding hydrogens is 373 g/mol. The van der Waals surface area contributed by atoms with Gasteiger partial charge in [0.05, 0.1) is 29.8 Å². The maximum absolute atomic E-state index is 12.2. The highest BCUT2D eigenvalue weighted by atomic mass is 35.5. The van der Waals surface area contributed by atoms with E-state index in [9.17, 15) is 9.59 Å². The minimum atomic E-state index is -0.240. The SMILES string of the molecule is C[C@@H](NC(=O)CN(C)CC(=O)Nc1ccccc1Cl)c1cccc(Cl)c1. The predicted molar refractivity (Wildman–Crippen MR) is 106 cm³/mol. The van der Waals surface area contributed by atoms with E-state index in [-0.39, 0.29) is 30.9 Å². The maximum atomic E-state index is 12.2. The van der Waals surface area contributed by atoms with Crippen LogP contribution in [-0.4, -0.2) is 36.9 Å². The summed E-state index contributed by atoms with van der Waals surface area (Å²) < 4.78 is 0. The van der Waals surface area contributed by atoms with Crippen LogP contribution in [-0.2, 0) is 9.59 Å². The van der Waals surface area contributed by atoms with E-state index in [4.69, 9.17) is 23.2 Å². The summed E-state index contributed by atoms with van der Waals surface area (Å²) in [5, 5.41) is 6.71. The smallest absolute Gasteiger partial charge is 0.238 e. The van der Waals surface area contributed by atoms with Crippen molar-refractivity contribution in [1.29, 1.82) is 0 Å². The third-order valence-corrected chi connectivity index (χ3v) is 4.27. The van der Waals surface area contributed by atoms with Crippen LogP contribution in [0.2, 0.25) is 10.0 Å². The van der Waals surface area contributed by atoms with Crippen LogP contribution < -0.4 is 10.6 Å². The average Bonchev–Trinajstić information content (AvgIpc) is 2.56. The number of amides is 2. The van der Waals surface area contributed by atoms with Crippen LogP contribution in [0.4, 0.5) is 5.69 Å². The Kier molecular flexibility index (Phi) is 7.45. The number of nitrogens with zero attached hydrogens (tertiary/aromatic N) is 1. The van der Waals surface area contributed by atoms with Crippen molar-refractivity contribution < 1.29 is 9.59 Å². The predicted octanol–water partition coefficient (Wildman–Crippen LogP) is 3.74. The normalized spacial score (nSPS) is 11.9. The molecule has 2 N–H and O–H groups in total. The highest BCUT2D eigenvalue weighted by Crippen LogP contribution is 2.20. The Balaban J connectivity index is 1.81. The van der Waals surface area contributed by atoms with Gasteiger partial charge in [-0.2, -0.15) is 0 Å². The standard InChI is InChI=1S/C19H21Cl2N3O2/c1-13(14-6-5-7-15(20)10-14)22-18(25)11-24(2)12-19(26)23-17-9-4-3-8-16(17)21/h3-10,13H,11-12H2,1-2H3,(H,22,25)(H,23,26)/t13-/m1/s1. The van der Waals surface area contributed by atoms with Crippen LogP contribution >= 0.6 is 23.2 Å². The molecule has 2 aromatic rings. The van der Waals surface area contributed by atoms with Crippen molar-refractivity contribution in [3.05, 3.63) is 64.1 Å². The quantitative estimate of drug-likeness (QED) is 0.752. The number of carbonyl (C=O) groups is 2. The van der Waals surface area contributed by atoms with Gasteiger partial charge in [0, 0.05) is 5.02 Å². The number of benzene rings is 2. The number of anilines is 1. The number of likely N-dealkylation sites (N-methyl/N-ethyl adjacent to an activating group) is 1. The summed E-state index contributed by atoms with van der Waals surface area (Å²) in [6.07, 6.45) is 0. The van der Waals surface area contributed by atoms with Gasteiger partial charge in [-0.1, -0.05) is 47.5 Å². The lowest BCUT2D eigenvalue weighted by Crippen LogP contribution is -2.39. The largest absolute Gasteiger partial charge is 0.348 e. The molecule has 1 atom stereocenters. The molecule has 2 rings (SSSR count). The zero-order chi connectivity index (χ0) is 19.1. The Hall–Kier alpha value is -2.08. The van der Waals surface area contributed by atoms with Crippen molar-refractivity contribution in [3.8, 4) is 0 Å². The first kappa shape index (κ1) is 20.2. The molecule has 2 aromatic carbocycles. The van der Waals surface area contributed by atoms with Crippen molar-refractivity contribution in [2.45, 2.75) is 13.0 Å². The second-order valence-corrected chi connectivity index (χ2v) is 6.89. The third-order valence-electron chi connectivity index (χ3n) is 3.70. The molecule has 0 heterocycles. The second kappa shape index (κ2) is 9.57. The monoisotopic (exact) mass is 393 g/mol. The van der Waals surface area contributed by atoms with E-state index in [0.29, 0.717) is 15.7 Å². The van der Waals surface area contributed by atoms with Crippen LogP contribution in [0, 0.1) is 0 Å². The zero-order valence-electron chi connectivity index (χ0n) is 14.6. The number of nitrogens with one attached hydrogen (secondary N) is 2. The van der Waals surface area contributed by atoms with Gasteiger partial charge in [-0.25, -0.2) is 0 Å². The Bertz CT molecular complexity index is 783. The molecule has 26 heavy (non-hydrogen) atoms. The molecule has 5 nitrogen and oxygen atoms in total. The highest BCUT2D eigenvalue weighted by molar-refractivity contribution is 6.33. The molecule has 2 amide bonds. The molecule has 0 unspecified atom stereocenters. The average molecular weight is 394 g/mol. The molecule has 0 fully saturated rings. The second-order valence-electron chi connectivity index (χ2n) is 6.04. The molecule has 0 spiro atoms.